The molecule has 7 heteroatoms. The van der Waals surface area contributed by atoms with Gasteiger partial charge in [0.25, 0.3) is 0 Å². The van der Waals surface area contributed by atoms with E-state index in [4.69, 9.17) is 0 Å². The number of Topliss-reactive ketones (excluding diaryl/α,β-unsaturated/α-hetero) is 1. The summed E-state index contributed by atoms with van der Waals surface area (Å²) < 4.78 is 59.1. The number of rotatable bonds is 6. The Morgan fingerprint density at radius 2 is 1.11 bits per heavy atom. The first-order valence-electron chi connectivity index (χ1n) is 8.47. The van der Waals surface area contributed by atoms with Crippen molar-refractivity contribution in [3.8, 4) is 11.5 Å². The van der Waals surface area contributed by atoms with Gasteiger partial charge in [-0.1, -0.05) is 36.4 Å². The number of ketones is 1. The molecule has 0 heterocycles. The van der Waals surface area contributed by atoms with E-state index >= 15 is 0 Å². The van der Waals surface area contributed by atoms with Crippen molar-refractivity contribution in [1.82, 2.24) is 0 Å². The van der Waals surface area contributed by atoms with Crippen molar-refractivity contribution < 1.29 is 31.8 Å². The van der Waals surface area contributed by atoms with Crippen LogP contribution in [0.15, 0.2) is 59.7 Å². The van der Waals surface area contributed by atoms with Gasteiger partial charge in [0.2, 0.25) is 0 Å². The van der Waals surface area contributed by atoms with Crippen molar-refractivity contribution in [3.63, 3.8) is 0 Å². The number of carbonyl (C=O) groups excluding carboxylic acids is 1. The Morgan fingerprint density at radius 1 is 0.714 bits per heavy atom. The van der Waals surface area contributed by atoms with Crippen LogP contribution in [0.2, 0.25) is 0 Å². The van der Waals surface area contributed by atoms with E-state index < -0.39 is 13.2 Å². The zero-order valence-corrected chi connectivity index (χ0v) is 14.6. The second kappa shape index (κ2) is 8.73. The van der Waals surface area contributed by atoms with Crippen molar-refractivity contribution in [2.75, 3.05) is 0 Å². The van der Waals surface area contributed by atoms with E-state index in [-0.39, 0.29) is 17.3 Å². The lowest BCUT2D eigenvalue weighted by Gasteiger charge is -2.08. The third-order valence-electron chi connectivity index (χ3n) is 4.18. The first-order chi connectivity index (χ1) is 13.4. The maximum absolute atomic E-state index is 12.7. The normalized spacial score (nSPS) is 17.1. The van der Waals surface area contributed by atoms with Crippen LogP contribution < -0.4 is 9.47 Å². The van der Waals surface area contributed by atoms with Crippen LogP contribution in [0.1, 0.15) is 24.0 Å². The largest absolute Gasteiger partial charge is 0.434 e. The van der Waals surface area contributed by atoms with E-state index in [1.54, 1.807) is 36.4 Å². The number of ether oxygens (including phenoxy) is 2. The zero-order valence-electron chi connectivity index (χ0n) is 14.6. The van der Waals surface area contributed by atoms with Gasteiger partial charge in [-0.3, -0.25) is 4.79 Å². The van der Waals surface area contributed by atoms with Crippen molar-refractivity contribution in [2.45, 2.75) is 26.1 Å². The van der Waals surface area contributed by atoms with Crippen LogP contribution in [0.4, 0.5) is 17.6 Å². The molecular weight excluding hydrogens is 376 g/mol. The number of hydrogen-bond donors (Lipinski definition) is 0. The molecule has 0 amide bonds. The van der Waals surface area contributed by atoms with Gasteiger partial charge < -0.3 is 9.47 Å². The molecule has 0 saturated heterocycles. The van der Waals surface area contributed by atoms with Crippen LogP contribution >= 0.6 is 0 Å². The zero-order chi connectivity index (χ0) is 20.1. The Bertz CT molecular complexity index is 846. The smallest absolute Gasteiger partial charge is 0.387 e. The number of allylic oxidation sites excluding steroid dienone is 2. The van der Waals surface area contributed by atoms with Gasteiger partial charge in [0.05, 0.1) is 0 Å². The summed E-state index contributed by atoms with van der Waals surface area (Å²) in [7, 11) is 0. The van der Waals surface area contributed by atoms with Gasteiger partial charge >= 0.3 is 13.2 Å². The molecule has 0 aliphatic heterocycles. The fraction of sp³-hybridized carbons (Fsp3) is 0.190. The highest BCUT2D eigenvalue weighted by molar-refractivity contribution is 6.15. The van der Waals surface area contributed by atoms with Gasteiger partial charge in [-0.2, -0.15) is 17.6 Å². The summed E-state index contributed by atoms with van der Waals surface area (Å²) in [6.07, 6.45) is 3.85. The van der Waals surface area contributed by atoms with Crippen molar-refractivity contribution in [1.29, 1.82) is 0 Å². The van der Waals surface area contributed by atoms with Crippen LogP contribution in [0.3, 0.4) is 0 Å². The number of hydrogen-bond acceptors (Lipinski definition) is 3. The number of carbonyl (C=O) groups is 1. The molecule has 3 nitrogen and oxygen atoms in total. The average molecular weight is 392 g/mol. The minimum atomic E-state index is -2.97. The molecule has 0 spiro atoms. The van der Waals surface area contributed by atoms with E-state index in [1.165, 1.54) is 24.3 Å². The summed E-state index contributed by atoms with van der Waals surface area (Å²) in [6.45, 7) is -5.94. The van der Waals surface area contributed by atoms with Gasteiger partial charge in [-0.05, 0) is 37.1 Å². The van der Waals surface area contributed by atoms with Crippen molar-refractivity contribution in [2.24, 2.45) is 0 Å². The second-order valence-electron chi connectivity index (χ2n) is 6.00. The van der Waals surface area contributed by atoms with E-state index in [1.807, 2.05) is 0 Å². The van der Waals surface area contributed by atoms with Gasteiger partial charge in [0.1, 0.15) is 11.5 Å². The summed E-state index contributed by atoms with van der Waals surface area (Å²) in [6, 6.07) is 12.4. The molecule has 0 N–H and O–H groups in total. The van der Waals surface area contributed by atoms with E-state index in [9.17, 15) is 22.4 Å². The van der Waals surface area contributed by atoms with Crippen molar-refractivity contribution in [3.05, 3.63) is 70.8 Å². The summed E-state index contributed by atoms with van der Waals surface area (Å²) in [5.74, 6) is -0.310. The first-order valence-corrected chi connectivity index (χ1v) is 8.47. The summed E-state index contributed by atoms with van der Waals surface area (Å²) in [5, 5.41) is 0. The molecule has 0 unspecified atom stereocenters. The molecule has 0 radical (unpaired) electrons. The third-order valence-corrected chi connectivity index (χ3v) is 4.18. The number of halogens is 4. The minimum absolute atomic E-state index is 0.0223. The Kier molecular flexibility index (Phi) is 6.13. The fourth-order valence-corrected chi connectivity index (χ4v) is 2.96. The number of alkyl halides is 4. The molecule has 146 valence electrons. The Morgan fingerprint density at radius 3 is 1.50 bits per heavy atom. The van der Waals surface area contributed by atoms with Crippen LogP contribution in [0.25, 0.3) is 12.2 Å². The molecule has 0 bridgehead atoms. The lowest BCUT2D eigenvalue weighted by molar-refractivity contribution is -0.111. The highest BCUT2D eigenvalue weighted by atomic mass is 19.3. The molecule has 1 aliphatic carbocycles. The molecule has 1 saturated carbocycles. The molecular formula is C21H16F4O3. The SMILES string of the molecule is O=C1/C(=C\c2ccccc2OC(F)F)CC/C1=C/c1ccccc1OC(F)F. The molecule has 28 heavy (non-hydrogen) atoms. The van der Waals surface area contributed by atoms with E-state index in [0.29, 0.717) is 35.1 Å². The average Bonchev–Trinajstić information content (AvgIpc) is 2.97. The van der Waals surface area contributed by atoms with Crippen LogP contribution in [-0.2, 0) is 4.79 Å². The summed E-state index contributed by atoms with van der Waals surface area (Å²) >= 11 is 0. The highest BCUT2D eigenvalue weighted by Gasteiger charge is 2.24. The van der Waals surface area contributed by atoms with E-state index in [0.717, 1.165) is 0 Å². The molecule has 2 aromatic carbocycles. The molecule has 1 aliphatic rings. The molecule has 0 atom stereocenters. The lowest BCUT2D eigenvalue weighted by atomic mass is 10.1. The Hall–Kier alpha value is -3.09. The Balaban J connectivity index is 1.87. The highest BCUT2D eigenvalue weighted by Crippen LogP contribution is 2.33. The Labute approximate surface area is 158 Å². The lowest BCUT2D eigenvalue weighted by Crippen LogP contribution is -2.04. The minimum Gasteiger partial charge on any atom is -0.434 e. The summed E-state index contributed by atoms with van der Waals surface area (Å²) in [4.78, 5) is 12.7. The summed E-state index contributed by atoms with van der Waals surface area (Å²) in [5.41, 5.74) is 1.61. The maximum Gasteiger partial charge on any atom is 0.387 e. The van der Waals surface area contributed by atoms with E-state index in [2.05, 4.69) is 9.47 Å². The molecule has 3 rings (SSSR count). The third kappa shape index (κ3) is 4.79. The van der Waals surface area contributed by atoms with Crippen LogP contribution in [0.5, 0.6) is 11.5 Å². The topological polar surface area (TPSA) is 35.5 Å². The van der Waals surface area contributed by atoms with Crippen LogP contribution in [-0.4, -0.2) is 19.0 Å². The van der Waals surface area contributed by atoms with Gasteiger partial charge in [-0.15, -0.1) is 0 Å². The quantitative estimate of drug-likeness (QED) is 0.466. The maximum atomic E-state index is 12.7. The predicted molar refractivity (Wildman–Crippen MR) is 96.3 cm³/mol. The molecule has 2 aromatic rings. The van der Waals surface area contributed by atoms with Gasteiger partial charge in [0, 0.05) is 22.3 Å². The monoisotopic (exact) mass is 392 g/mol. The second-order valence-corrected chi connectivity index (χ2v) is 6.00. The van der Waals surface area contributed by atoms with Gasteiger partial charge in [0.15, 0.2) is 5.78 Å². The molecule has 1 fully saturated rings. The van der Waals surface area contributed by atoms with Crippen LogP contribution in [0, 0.1) is 0 Å². The number of benzene rings is 2. The number of para-hydroxylation sites is 2. The predicted octanol–water partition coefficient (Wildman–Crippen LogP) is 5.72. The standard InChI is InChI=1S/C21H16F4O3/c22-20(23)27-17-7-3-1-5-13(17)11-15-9-10-16(19(15)26)12-14-6-2-4-8-18(14)28-21(24)25/h1-8,11-12,20-21H,9-10H2/b15-11-,16-12-. The first kappa shape index (κ1) is 19.7. The van der Waals surface area contributed by atoms with Crippen molar-refractivity contribution >= 4 is 17.9 Å². The van der Waals surface area contributed by atoms with Gasteiger partial charge in [-0.25, -0.2) is 0 Å². The fourth-order valence-electron chi connectivity index (χ4n) is 2.96. The molecule has 0 aromatic heterocycles.